The molecule has 0 spiro atoms. The summed E-state index contributed by atoms with van der Waals surface area (Å²) in [5.41, 5.74) is 1.42. The smallest absolute Gasteiger partial charge is 0.266 e. The van der Waals surface area contributed by atoms with Gasteiger partial charge in [-0.3, -0.25) is 9.69 Å². The number of rotatable bonds is 2. The highest BCUT2D eigenvalue weighted by Gasteiger charge is 2.30. The van der Waals surface area contributed by atoms with Crippen molar-refractivity contribution in [2.75, 3.05) is 7.05 Å². The van der Waals surface area contributed by atoms with Gasteiger partial charge < -0.3 is 0 Å². The number of amides is 1. The molecule has 3 nitrogen and oxygen atoms in total. The van der Waals surface area contributed by atoms with Gasteiger partial charge in [0.1, 0.15) is 0 Å². The molecule has 0 radical (unpaired) electrons. The van der Waals surface area contributed by atoms with Crippen LogP contribution in [0.2, 0.25) is 15.1 Å². The lowest BCUT2D eigenvalue weighted by Crippen LogP contribution is -2.23. The Balaban J connectivity index is 1.92. The van der Waals surface area contributed by atoms with Crippen LogP contribution in [0.5, 0.6) is 0 Å². The molecule has 0 atom stereocenters. The highest BCUT2D eigenvalue weighted by Crippen LogP contribution is 2.35. The third kappa shape index (κ3) is 3.62. The fraction of sp³-hybridized carbons (Fsp3) is 0.0588. The molecule has 0 aliphatic carbocycles. The standard InChI is InChI=1S/C17H11Cl3N2OS/c1-22-16(23)14(9-10-3-2-4-13(19)15(10)20)24-17(22)21-12-7-5-11(18)6-8-12/h2-9H,1H3/b14-9+,21-17?. The van der Waals surface area contributed by atoms with E-state index in [-0.39, 0.29) is 5.91 Å². The Kier molecular flexibility index (Phi) is 5.21. The monoisotopic (exact) mass is 396 g/mol. The molecule has 1 heterocycles. The van der Waals surface area contributed by atoms with E-state index in [4.69, 9.17) is 34.8 Å². The van der Waals surface area contributed by atoms with Crippen molar-refractivity contribution in [2.24, 2.45) is 4.99 Å². The number of likely N-dealkylation sites (N-methyl/N-ethyl adjacent to an activating group) is 1. The van der Waals surface area contributed by atoms with Crippen LogP contribution in [0, 0.1) is 0 Å². The SMILES string of the molecule is CN1C(=O)/C(=C\c2cccc(Cl)c2Cl)SC1=Nc1ccc(Cl)cc1. The number of hydrogen-bond donors (Lipinski definition) is 0. The van der Waals surface area contributed by atoms with Gasteiger partial charge in [-0.05, 0) is 53.7 Å². The van der Waals surface area contributed by atoms with Gasteiger partial charge in [-0.15, -0.1) is 0 Å². The molecule has 0 N–H and O–H groups in total. The highest BCUT2D eigenvalue weighted by atomic mass is 35.5. The predicted molar refractivity (Wildman–Crippen MR) is 103 cm³/mol. The van der Waals surface area contributed by atoms with Gasteiger partial charge in [0.15, 0.2) is 5.17 Å². The second-order valence-electron chi connectivity index (χ2n) is 4.99. The molecular formula is C17H11Cl3N2OS. The average molecular weight is 398 g/mol. The van der Waals surface area contributed by atoms with Crippen molar-refractivity contribution in [1.82, 2.24) is 4.90 Å². The minimum Gasteiger partial charge on any atom is -0.290 e. The number of hydrogen-bond acceptors (Lipinski definition) is 3. The number of halogens is 3. The first kappa shape index (κ1) is 17.4. The van der Waals surface area contributed by atoms with Gasteiger partial charge in [-0.25, -0.2) is 4.99 Å². The maximum absolute atomic E-state index is 12.4. The lowest BCUT2D eigenvalue weighted by molar-refractivity contribution is -0.121. The molecule has 24 heavy (non-hydrogen) atoms. The minimum absolute atomic E-state index is 0.135. The highest BCUT2D eigenvalue weighted by molar-refractivity contribution is 8.18. The Morgan fingerprint density at radius 3 is 2.50 bits per heavy atom. The summed E-state index contributed by atoms with van der Waals surface area (Å²) in [6.07, 6.45) is 1.72. The topological polar surface area (TPSA) is 32.7 Å². The number of carbonyl (C=O) groups excluding carboxylic acids is 1. The van der Waals surface area contributed by atoms with Crippen molar-refractivity contribution in [2.45, 2.75) is 0 Å². The summed E-state index contributed by atoms with van der Waals surface area (Å²) in [5.74, 6) is -0.135. The van der Waals surface area contributed by atoms with Gasteiger partial charge in [0, 0.05) is 12.1 Å². The summed E-state index contributed by atoms with van der Waals surface area (Å²) < 4.78 is 0. The van der Waals surface area contributed by atoms with E-state index in [0.29, 0.717) is 30.7 Å². The van der Waals surface area contributed by atoms with Crippen LogP contribution in [-0.2, 0) is 4.79 Å². The second kappa shape index (κ2) is 7.19. The van der Waals surface area contributed by atoms with Crippen LogP contribution in [0.1, 0.15) is 5.56 Å². The summed E-state index contributed by atoms with van der Waals surface area (Å²) in [4.78, 5) is 18.9. The number of carbonyl (C=O) groups is 1. The Bertz CT molecular complexity index is 863. The number of benzene rings is 2. The fourth-order valence-corrected chi connectivity index (χ4v) is 3.52. The molecule has 1 aliphatic heterocycles. The van der Waals surface area contributed by atoms with E-state index in [1.54, 1.807) is 49.5 Å². The van der Waals surface area contributed by atoms with E-state index in [1.807, 2.05) is 6.07 Å². The molecule has 1 aliphatic rings. The molecule has 0 saturated carbocycles. The van der Waals surface area contributed by atoms with Crippen molar-refractivity contribution in [3.8, 4) is 0 Å². The number of aliphatic imine (C=N–C) groups is 1. The van der Waals surface area contributed by atoms with E-state index >= 15 is 0 Å². The van der Waals surface area contributed by atoms with Crippen molar-refractivity contribution in [3.63, 3.8) is 0 Å². The molecule has 7 heteroatoms. The zero-order valence-electron chi connectivity index (χ0n) is 12.5. The first-order valence-corrected chi connectivity index (χ1v) is 8.86. The van der Waals surface area contributed by atoms with Crippen LogP contribution in [0.25, 0.3) is 6.08 Å². The Morgan fingerprint density at radius 1 is 1.08 bits per heavy atom. The third-order valence-corrected chi connectivity index (χ3v) is 5.47. The number of thioether (sulfide) groups is 1. The first-order chi connectivity index (χ1) is 11.5. The summed E-state index contributed by atoms with van der Waals surface area (Å²) in [6, 6.07) is 12.4. The van der Waals surface area contributed by atoms with Gasteiger partial charge in [0.05, 0.1) is 20.6 Å². The van der Waals surface area contributed by atoms with Crippen LogP contribution >= 0.6 is 46.6 Å². The van der Waals surface area contributed by atoms with Crippen molar-refractivity contribution in [3.05, 3.63) is 68.0 Å². The zero-order chi connectivity index (χ0) is 17.3. The normalized spacial score (nSPS) is 18.0. The van der Waals surface area contributed by atoms with Crippen molar-refractivity contribution in [1.29, 1.82) is 0 Å². The van der Waals surface area contributed by atoms with Gasteiger partial charge in [-0.2, -0.15) is 0 Å². The molecule has 3 rings (SSSR count). The van der Waals surface area contributed by atoms with Gasteiger partial charge in [0.25, 0.3) is 5.91 Å². The van der Waals surface area contributed by atoms with E-state index in [2.05, 4.69) is 4.99 Å². The molecule has 122 valence electrons. The summed E-state index contributed by atoms with van der Waals surface area (Å²) in [6.45, 7) is 0. The third-order valence-electron chi connectivity index (χ3n) is 3.32. The molecule has 1 saturated heterocycles. The minimum atomic E-state index is -0.135. The molecule has 1 fully saturated rings. The Labute approximate surface area is 158 Å². The number of amidine groups is 1. The lowest BCUT2D eigenvalue weighted by atomic mass is 10.2. The quantitative estimate of drug-likeness (QED) is 0.593. The maximum Gasteiger partial charge on any atom is 0.266 e. The average Bonchev–Trinajstić information content (AvgIpc) is 2.82. The van der Waals surface area contributed by atoms with Crippen molar-refractivity contribution < 1.29 is 4.79 Å². The molecular weight excluding hydrogens is 387 g/mol. The van der Waals surface area contributed by atoms with E-state index in [1.165, 1.54) is 16.7 Å². The van der Waals surface area contributed by atoms with Gasteiger partial charge in [-0.1, -0.05) is 46.9 Å². The Morgan fingerprint density at radius 2 is 1.79 bits per heavy atom. The van der Waals surface area contributed by atoms with Gasteiger partial charge in [0.2, 0.25) is 0 Å². The van der Waals surface area contributed by atoms with Crippen LogP contribution < -0.4 is 0 Å². The lowest BCUT2D eigenvalue weighted by Gasteiger charge is -2.07. The van der Waals surface area contributed by atoms with E-state index in [0.717, 1.165) is 5.69 Å². The maximum atomic E-state index is 12.4. The van der Waals surface area contributed by atoms with Crippen LogP contribution in [0.15, 0.2) is 52.4 Å². The zero-order valence-corrected chi connectivity index (χ0v) is 15.5. The number of nitrogens with zero attached hydrogens (tertiary/aromatic N) is 2. The summed E-state index contributed by atoms with van der Waals surface area (Å²) >= 11 is 19.4. The van der Waals surface area contributed by atoms with Crippen LogP contribution in [0.3, 0.4) is 0 Å². The molecule has 1 amide bonds. The van der Waals surface area contributed by atoms with Crippen LogP contribution in [0.4, 0.5) is 5.69 Å². The van der Waals surface area contributed by atoms with Gasteiger partial charge >= 0.3 is 0 Å². The predicted octanol–water partition coefficient (Wildman–Crippen LogP) is 5.88. The molecule has 2 aromatic rings. The molecule has 0 aromatic heterocycles. The second-order valence-corrected chi connectivity index (χ2v) is 7.22. The summed E-state index contributed by atoms with van der Waals surface area (Å²) in [5, 5.41) is 2.10. The van der Waals surface area contributed by atoms with E-state index in [9.17, 15) is 4.79 Å². The molecule has 0 unspecified atom stereocenters. The Hall–Kier alpha value is -1.46. The first-order valence-electron chi connectivity index (χ1n) is 6.91. The molecule has 0 bridgehead atoms. The van der Waals surface area contributed by atoms with Crippen LogP contribution in [-0.4, -0.2) is 23.0 Å². The molecule has 2 aromatic carbocycles. The van der Waals surface area contributed by atoms with E-state index < -0.39 is 0 Å². The largest absolute Gasteiger partial charge is 0.290 e. The summed E-state index contributed by atoms with van der Waals surface area (Å²) in [7, 11) is 1.69. The van der Waals surface area contributed by atoms with Crippen molar-refractivity contribution >= 4 is 69.4 Å². The fourth-order valence-electron chi connectivity index (χ4n) is 2.05.